The smallest absolute Gasteiger partial charge is 0.0743 e. The van der Waals surface area contributed by atoms with Gasteiger partial charge in [0.25, 0.3) is 0 Å². The molecule has 0 radical (unpaired) electrons. The van der Waals surface area contributed by atoms with Crippen LogP contribution in [0.15, 0.2) is 28.9 Å². The Bertz CT molecular complexity index is 586. The Kier molecular flexibility index (Phi) is 3.99. The molecule has 2 rings (SSSR count). The number of aromatic nitrogens is 1. The predicted octanol–water partition coefficient (Wildman–Crippen LogP) is 4.57. The van der Waals surface area contributed by atoms with Crippen LogP contribution >= 0.6 is 15.9 Å². The van der Waals surface area contributed by atoms with Crippen LogP contribution in [0, 0.1) is 0 Å². The fourth-order valence-electron chi connectivity index (χ4n) is 2.05. The molecular weight excluding hydrogens is 302 g/mol. The van der Waals surface area contributed by atoms with Crippen LogP contribution in [0.1, 0.15) is 33.6 Å². The van der Waals surface area contributed by atoms with Gasteiger partial charge in [0.1, 0.15) is 0 Å². The summed E-state index contributed by atoms with van der Waals surface area (Å²) >= 11 is 3.51. The number of nitrogen functional groups attached to an aromatic ring is 1. The number of nitrogens with zero attached hydrogens (tertiary/aromatic N) is 1. The van der Waals surface area contributed by atoms with Gasteiger partial charge in [-0.05, 0) is 38.0 Å². The largest absolute Gasteiger partial charge is 0.396 e. The zero-order valence-corrected chi connectivity index (χ0v) is 13.2. The summed E-state index contributed by atoms with van der Waals surface area (Å²) in [6, 6.07) is 6.06. The molecule has 2 aromatic rings. The van der Waals surface area contributed by atoms with Gasteiger partial charge in [-0.15, -0.1) is 0 Å². The lowest BCUT2D eigenvalue weighted by Gasteiger charge is -2.30. The van der Waals surface area contributed by atoms with E-state index in [1.807, 2.05) is 12.1 Å². The number of nitrogens with two attached hydrogens (primary N) is 1. The Morgan fingerprint density at radius 1 is 1.32 bits per heavy atom. The number of benzene rings is 1. The quantitative estimate of drug-likeness (QED) is 0.867. The van der Waals surface area contributed by atoms with E-state index in [4.69, 9.17) is 5.73 Å². The molecular formula is C15H20BrN3. The Morgan fingerprint density at radius 3 is 2.63 bits per heavy atom. The molecule has 0 bridgehead atoms. The van der Waals surface area contributed by atoms with E-state index in [0.717, 1.165) is 33.9 Å². The fourth-order valence-corrected chi connectivity index (χ4v) is 2.41. The van der Waals surface area contributed by atoms with E-state index in [1.54, 1.807) is 6.20 Å². The lowest BCUT2D eigenvalue weighted by molar-refractivity contribution is 0.479. The molecule has 19 heavy (non-hydrogen) atoms. The van der Waals surface area contributed by atoms with Crippen LogP contribution in [0.4, 0.5) is 11.4 Å². The van der Waals surface area contributed by atoms with Crippen LogP contribution in [0.5, 0.6) is 0 Å². The van der Waals surface area contributed by atoms with Crippen LogP contribution in [0.25, 0.3) is 10.9 Å². The summed E-state index contributed by atoms with van der Waals surface area (Å²) in [6.07, 6.45) is 3.81. The second-order valence-corrected chi connectivity index (χ2v) is 6.06. The number of anilines is 2. The number of hydrogen-bond acceptors (Lipinski definition) is 3. The highest BCUT2D eigenvalue weighted by Gasteiger charge is 2.21. The van der Waals surface area contributed by atoms with Crippen LogP contribution < -0.4 is 11.1 Å². The van der Waals surface area contributed by atoms with Crippen molar-refractivity contribution in [2.45, 2.75) is 39.2 Å². The SMILES string of the molecule is CCC(C)(CC)Nc1c(N)cnc2ccc(Br)cc12. The van der Waals surface area contributed by atoms with Crippen molar-refractivity contribution in [1.29, 1.82) is 0 Å². The van der Waals surface area contributed by atoms with Crippen molar-refractivity contribution in [3.63, 3.8) is 0 Å². The minimum Gasteiger partial charge on any atom is -0.396 e. The summed E-state index contributed by atoms with van der Waals surface area (Å²) in [6.45, 7) is 6.59. The van der Waals surface area contributed by atoms with E-state index >= 15 is 0 Å². The molecule has 0 aliphatic rings. The van der Waals surface area contributed by atoms with Gasteiger partial charge in [0.15, 0.2) is 0 Å². The minimum atomic E-state index is 0.0464. The third-order valence-electron chi connectivity index (χ3n) is 3.85. The van der Waals surface area contributed by atoms with Crippen LogP contribution in [-0.4, -0.2) is 10.5 Å². The number of hydrogen-bond donors (Lipinski definition) is 2. The van der Waals surface area contributed by atoms with E-state index in [0.29, 0.717) is 5.69 Å². The summed E-state index contributed by atoms with van der Waals surface area (Å²) in [4.78, 5) is 4.38. The number of fused-ring (bicyclic) bond motifs is 1. The monoisotopic (exact) mass is 321 g/mol. The van der Waals surface area contributed by atoms with Crippen LogP contribution in [0.3, 0.4) is 0 Å². The first-order valence-electron chi connectivity index (χ1n) is 6.61. The molecule has 0 saturated heterocycles. The zero-order chi connectivity index (χ0) is 14.0. The molecule has 3 N–H and O–H groups in total. The maximum atomic E-state index is 6.11. The van der Waals surface area contributed by atoms with E-state index in [-0.39, 0.29) is 5.54 Å². The summed E-state index contributed by atoms with van der Waals surface area (Å²) in [5.41, 5.74) is 8.79. The fraction of sp³-hybridized carbons (Fsp3) is 0.400. The molecule has 4 heteroatoms. The van der Waals surface area contributed by atoms with Crippen molar-refractivity contribution in [1.82, 2.24) is 4.98 Å². The molecule has 0 saturated carbocycles. The molecule has 1 aromatic heterocycles. The van der Waals surface area contributed by atoms with Crippen molar-refractivity contribution in [3.8, 4) is 0 Å². The first-order chi connectivity index (χ1) is 8.99. The van der Waals surface area contributed by atoms with E-state index in [9.17, 15) is 0 Å². The topological polar surface area (TPSA) is 50.9 Å². The zero-order valence-electron chi connectivity index (χ0n) is 11.6. The maximum Gasteiger partial charge on any atom is 0.0743 e. The van der Waals surface area contributed by atoms with Crippen molar-refractivity contribution < 1.29 is 0 Å². The molecule has 0 spiro atoms. The van der Waals surface area contributed by atoms with Crippen molar-refractivity contribution in [2.24, 2.45) is 0 Å². The summed E-state index contributed by atoms with van der Waals surface area (Å²) in [5, 5.41) is 4.67. The third kappa shape index (κ3) is 2.84. The van der Waals surface area contributed by atoms with Crippen molar-refractivity contribution in [3.05, 3.63) is 28.9 Å². The second kappa shape index (κ2) is 5.37. The Hall–Kier alpha value is -1.29. The molecule has 1 heterocycles. The number of pyridine rings is 1. The van der Waals surface area contributed by atoms with E-state index in [2.05, 4.69) is 53.1 Å². The molecule has 0 atom stereocenters. The first kappa shape index (κ1) is 14.1. The highest BCUT2D eigenvalue weighted by Crippen LogP contribution is 2.33. The lowest BCUT2D eigenvalue weighted by atomic mass is 9.94. The van der Waals surface area contributed by atoms with E-state index < -0.39 is 0 Å². The molecule has 102 valence electrons. The van der Waals surface area contributed by atoms with Gasteiger partial charge in [-0.25, -0.2) is 0 Å². The van der Waals surface area contributed by atoms with Crippen molar-refractivity contribution in [2.75, 3.05) is 11.1 Å². The molecule has 0 amide bonds. The summed E-state index contributed by atoms with van der Waals surface area (Å²) in [7, 11) is 0. The van der Waals surface area contributed by atoms with Crippen LogP contribution in [0.2, 0.25) is 0 Å². The summed E-state index contributed by atoms with van der Waals surface area (Å²) in [5.74, 6) is 0. The summed E-state index contributed by atoms with van der Waals surface area (Å²) < 4.78 is 1.03. The molecule has 1 aromatic carbocycles. The minimum absolute atomic E-state index is 0.0464. The van der Waals surface area contributed by atoms with Gasteiger partial charge in [0.05, 0.1) is 23.1 Å². The average molecular weight is 322 g/mol. The predicted molar refractivity (Wildman–Crippen MR) is 86.5 cm³/mol. The molecule has 0 fully saturated rings. The van der Waals surface area contributed by atoms with Gasteiger partial charge >= 0.3 is 0 Å². The third-order valence-corrected chi connectivity index (χ3v) is 4.34. The number of nitrogens with one attached hydrogen (secondary N) is 1. The van der Waals surface area contributed by atoms with Gasteiger partial charge in [0, 0.05) is 15.4 Å². The van der Waals surface area contributed by atoms with Crippen molar-refractivity contribution >= 4 is 38.2 Å². The van der Waals surface area contributed by atoms with Gasteiger partial charge in [-0.1, -0.05) is 29.8 Å². The first-order valence-corrected chi connectivity index (χ1v) is 7.40. The van der Waals surface area contributed by atoms with Gasteiger partial charge < -0.3 is 11.1 Å². The molecule has 0 aliphatic carbocycles. The Labute approximate surface area is 122 Å². The highest BCUT2D eigenvalue weighted by atomic mass is 79.9. The van der Waals surface area contributed by atoms with E-state index in [1.165, 1.54) is 0 Å². The Balaban J connectivity index is 2.58. The number of rotatable bonds is 4. The molecule has 0 aliphatic heterocycles. The Morgan fingerprint density at radius 2 is 2.00 bits per heavy atom. The standard InChI is InChI=1S/C15H20BrN3/c1-4-15(3,5-2)19-14-11-8-10(16)6-7-13(11)18-9-12(14)17/h6-9H,4-5,17H2,1-3H3,(H,18,19). The molecule has 0 unspecified atom stereocenters. The normalized spacial score (nSPS) is 11.8. The number of halogens is 1. The average Bonchev–Trinajstić information content (AvgIpc) is 2.42. The maximum absolute atomic E-state index is 6.11. The van der Waals surface area contributed by atoms with Gasteiger partial charge in [-0.3, -0.25) is 4.98 Å². The highest BCUT2D eigenvalue weighted by molar-refractivity contribution is 9.10. The second-order valence-electron chi connectivity index (χ2n) is 5.14. The van der Waals surface area contributed by atoms with Gasteiger partial charge in [-0.2, -0.15) is 0 Å². The lowest BCUT2D eigenvalue weighted by Crippen LogP contribution is -2.33. The molecule has 3 nitrogen and oxygen atoms in total. The van der Waals surface area contributed by atoms with Gasteiger partial charge in [0.2, 0.25) is 0 Å². The van der Waals surface area contributed by atoms with Crippen LogP contribution in [-0.2, 0) is 0 Å².